The van der Waals surface area contributed by atoms with Crippen LogP contribution in [0.15, 0.2) is 24.3 Å². The average Bonchev–Trinajstić information content (AvgIpc) is 2.87. The number of nitrogens with one attached hydrogen (secondary N) is 1. The highest BCUT2D eigenvalue weighted by Crippen LogP contribution is 2.29. The summed E-state index contributed by atoms with van der Waals surface area (Å²) in [7, 11) is 1.57. The number of para-hydroxylation sites is 1. The van der Waals surface area contributed by atoms with Gasteiger partial charge in [0.05, 0.1) is 18.2 Å². The Morgan fingerprint density at radius 2 is 2.00 bits per heavy atom. The smallest absolute Gasteiger partial charge is 0.255 e. The van der Waals surface area contributed by atoms with Crippen LogP contribution >= 0.6 is 12.4 Å². The van der Waals surface area contributed by atoms with Crippen molar-refractivity contribution < 1.29 is 9.53 Å². The predicted octanol–water partition coefficient (Wildman–Crippen LogP) is 2.12. The van der Waals surface area contributed by atoms with Gasteiger partial charge in [-0.05, 0) is 25.0 Å². The second kappa shape index (κ2) is 6.78. The second-order valence-corrected chi connectivity index (χ2v) is 4.85. The Labute approximate surface area is 120 Å². The van der Waals surface area contributed by atoms with E-state index in [-0.39, 0.29) is 23.9 Å². The van der Waals surface area contributed by atoms with Gasteiger partial charge < -0.3 is 15.8 Å². The fourth-order valence-electron chi connectivity index (χ4n) is 2.57. The molecule has 1 aromatic rings. The summed E-state index contributed by atoms with van der Waals surface area (Å²) in [4.78, 5) is 12.3. The maximum absolute atomic E-state index is 12.3. The molecule has 4 nitrogen and oxygen atoms in total. The summed E-state index contributed by atoms with van der Waals surface area (Å²) in [5.74, 6) is 0.500. The number of amides is 1. The van der Waals surface area contributed by atoms with E-state index < -0.39 is 0 Å². The quantitative estimate of drug-likeness (QED) is 0.890. The summed E-state index contributed by atoms with van der Waals surface area (Å²) in [5.41, 5.74) is 6.16. The van der Waals surface area contributed by atoms with E-state index in [0.29, 0.717) is 17.9 Å². The summed E-state index contributed by atoms with van der Waals surface area (Å²) in [5, 5.41) is 3.09. The number of carbonyl (C=O) groups is 1. The number of methoxy groups -OCH3 is 1. The van der Waals surface area contributed by atoms with Crippen molar-refractivity contribution in [1.82, 2.24) is 5.32 Å². The van der Waals surface area contributed by atoms with Gasteiger partial charge in [0.15, 0.2) is 0 Å². The molecule has 0 radical (unpaired) electrons. The van der Waals surface area contributed by atoms with Crippen molar-refractivity contribution in [3.8, 4) is 5.75 Å². The first-order valence-corrected chi connectivity index (χ1v) is 6.36. The predicted molar refractivity (Wildman–Crippen MR) is 78.0 cm³/mol. The normalized spacial score (nSPS) is 16.5. The lowest BCUT2D eigenvalue weighted by atomic mass is 9.97. The SMILES string of the molecule is COc1ccccc1C(=O)NC1(CN)CCCC1.Cl. The number of hydrogen-bond donors (Lipinski definition) is 2. The van der Waals surface area contributed by atoms with Crippen LogP contribution in [-0.4, -0.2) is 25.1 Å². The van der Waals surface area contributed by atoms with Gasteiger partial charge in [0.1, 0.15) is 5.75 Å². The maximum Gasteiger partial charge on any atom is 0.255 e. The fourth-order valence-corrected chi connectivity index (χ4v) is 2.57. The van der Waals surface area contributed by atoms with Crippen molar-refractivity contribution in [3.63, 3.8) is 0 Å². The number of rotatable bonds is 4. The molecule has 1 fully saturated rings. The standard InChI is InChI=1S/C14H20N2O2.ClH/c1-18-12-7-3-2-6-11(12)13(17)16-14(10-15)8-4-5-9-14;/h2-3,6-7H,4-5,8-10,15H2,1H3,(H,16,17);1H. The van der Waals surface area contributed by atoms with E-state index in [1.165, 1.54) is 0 Å². The summed E-state index contributed by atoms with van der Waals surface area (Å²) in [6.07, 6.45) is 4.18. The van der Waals surface area contributed by atoms with Crippen molar-refractivity contribution in [2.45, 2.75) is 31.2 Å². The largest absolute Gasteiger partial charge is 0.496 e. The number of halogens is 1. The third kappa shape index (κ3) is 3.39. The minimum absolute atomic E-state index is 0. The van der Waals surface area contributed by atoms with E-state index in [0.717, 1.165) is 25.7 Å². The monoisotopic (exact) mass is 284 g/mol. The van der Waals surface area contributed by atoms with Gasteiger partial charge in [-0.3, -0.25) is 4.79 Å². The molecule has 3 N–H and O–H groups in total. The van der Waals surface area contributed by atoms with Gasteiger partial charge in [-0.15, -0.1) is 12.4 Å². The van der Waals surface area contributed by atoms with Gasteiger partial charge in [0, 0.05) is 6.54 Å². The average molecular weight is 285 g/mol. The van der Waals surface area contributed by atoms with Crippen molar-refractivity contribution >= 4 is 18.3 Å². The Bertz CT molecular complexity index is 431. The Balaban J connectivity index is 0.00000180. The van der Waals surface area contributed by atoms with E-state index in [9.17, 15) is 4.79 Å². The van der Waals surface area contributed by atoms with Crippen molar-refractivity contribution in [1.29, 1.82) is 0 Å². The first kappa shape index (κ1) is 15.8. The summed E-state index contributed by atoms with van der Waals surface area (Å²) in [6.45, 7) is 0.494. The molecule has 19 heavy (non-hydrogen) atoms. The molecule has 5 heteroatoms. The number of hydrogen-bond acceptors (Lipinski definition) is 3. The number of benzene rings is 1. The topological polar surface area (TPSA) is 64.3 Å². The van der Waals surface area contributed by atoms with Gasteiger partial charge in [0.25, 0.3) is 5.91 Å². The van der Waals surface area contributed by atoms with E-state index in [1.54, 1.807) is 19.2 Å². The van der Waals surface area contributed by atoms with E-state index in [1.807, 2.05) is 12.1 Å². The Hall–Kier alpha value is -1.26. The molecule has 1 aliphatic carbocycles. The first-order valence-electron chi connectivity index (χ1n) is 6.36. The van der Waals surface area contributed by atoms with Crippen molar-refractivity contribution in [2.75, 3.05) is 13.7 Å². The van der Waals surface area contributed by atoms with Crippen LogP contribution in [0, 0.1) is 0 Å². The number of carbonyl (C=O) groups excluding carboxylic acids is 1. The molecule has 0 unspecified atom stereocenters. The van der Waals surface area contributed by atoms with Gasteiger partial charge in [-0.2, -0.15) is 0 Å². The van der Waals surface area contributed by atoms with Crippen LogP contribution in [0.25, 0.3) is 0 Å². The Kier molecular flexibility index (Phi) is 5.63. The van der Waals surface area contributed by atoms with E-state index in [2.05, 4.69) is 5.32 Å². The number of ether oxygens (including phenoxy) is 1. The lowest BCUT2D eigenvalue weighted by Gasteiger charge is -2.29. The number of nitrogens with two attached hydrogens (primary N) is 1. The fraction of sp³-hybridized carbons (Fsp3) is 0.500. The van der Waals surface area contributed by atoms with Crippen LogP contribution in [0.3, 0.4) is 0 Å². The summed E-state index contributed by atoms with van der Waals surface area (Å²) < 4.78 is 5.21. The summed E-state index contributed by atoms with van der Waals surface area (Å²) >= 11 is 0. The zero-order chi connectivity index (χ0) is 13.0. The van der Waals surface area contributed by atoms with Crippen LogP contribution in [0.5, 0.6) is 5.75 Å². The molecular formula is C14H21ClN2O2. The van der Waals surface area contributed by atoms with Crippen molar-refractivity contribution in [3.05, 3.63) is 29.8 Å². The molecule has 0 heterocycles. The molecule has 0 aromatic heterocycles. The highest BCUT2D eigenvalue weighted by atomic mass is 35.5. The molecule has 0 spiro atoms. The highest BCUT2D eigenvalue weighted by Gasteiger charge is 2.34. The lowest BCUT2D eigenvalue weighted by molar-refractivity contribution is 0.0900. The Morgan fingerprint density at radius 1 is 1.37 bits per heavy atom. The van der Waals surface area contributed by atoms with Crippen LogP contribution in [0.2, 0.25) is 0 Å². The van der Waals surface area contributed by atoms with Gasteiger partial charge in [-0.25, -0.2) is 0 Å². The molecule has 1 aromatic carbocycles. The first-order chi connectivity index (χ1) is 8.71. The zero-order valence-corrected chi connectivity index (χ0v) is 12.0. The lowest BCUT2D eigenvalue weighted by Crippen LogP contribution is -2.51. The van der Waals surface area contributed by atoms with Crippen LogP contribution in [0.4, 0.5) is 0 Å². The van der Waals surface area contributed by atoms with Crippen LogP contribution < -0.4 is 15.8 Å². The van der Waals surface area contributed by atoms with Crippen molar-refractivity contribution in [2.24, 2.45) is 5.73 Å². The van der Waals surface area contributed by atoms with Crippen LogP contribution in [0.1, 0.15) is 36.0 Å². The van der Waals surface area contributed by atoms with E-state index in [4.69, 9.17) is 10.5 Å². The second-order valence-electron chi connectivity index (χ2n) is 4.85. The summed E-state index contributed by atoms with van der Waals surface area (Å²) in [6, 6.07) is 7.25. The molecule has 0 atom stereocenters. The molecule has 0 saturated heterocycles. The molecule has 106 valence electrons. The van der Waals surface area contributed by atoms with Gasteiger partial charge >= 0.3 is 0 Å². The molecule has 2 rings (SSSR count). The Morgan fingerprint density at radius 3 is 2.58 bits per heavy atom. The van der Waals surface area contributed by atoms with Gasteiger partial charge in [-0.1, -0.05) is 25.0 Å². The maximum atomic E-state index is 12.3. The molecule has 1 saturated carbocycles. The molecule has 1 amide bonds. The van der Waals surface area contributed by atoms with E-state index >= 15 is 0 Å². The third-order valence-electron chi connectivity index (χ3n) is 3.68. The third-order valence-corrected chi connectivity index (χ3v) is 3.68. The zero-order valence-electron chi connectivity index (χ0n) is 11.1. The molecule has 0 bridgehead atoms. The molecule has 1 aliphatic rings. The van der Waals surface area contributed by atoms with Crippen LogP contribution in [-0.2, 0) is 0 Å². The molecule has 0 aliphatic heterocycles. The van der Waals surface area contributed by atoms with Gasteiger partial charge in [0.2, 0.25) is 0 Å². The molecular weight excluding hydrogens is 264 g/mol. The minimum Gasteiger partial charge on any atom is -0.496 e. The minimum atomic E-state index is -0.224. The highest BCUT2D eigenvalue weighted by molar-refractivity contribution is 5.97.